The van der Waals surface area contributed by atoms with Gasteiger partial charge in [0.2, 0.25) is 5.91 Å². The summed E-state index contributed by atoms with van der Waals surface area (Å²) in [6, 6.07) is 15.3. The van der Waals surface area contributed by atoms with Gasteiger partial charge in [0.05, 0.1) is 18.1 Å². The number of rotatable bonds is 7. The summed E-state index contributed by atoms with van der Waals surface area (Å²) in [6.07, 6.45) is 4.68. The van der Waals surface area contributed by atoms with Crippen molar-refractivity contribution < 1.29 is 14.3 Å². The number of nitrogens with one attached hydrogen (secondary N) is 2. The molecule has 6 nitrogen and oxygen atoms in total. The number of carbonyl (C=O) groups is 2. The first-order valence-electron chi connectivity index (χ1n) is 10.8. The highest BCUT2D eigenvalue weighted by atomic mass is 16.5. The normalized spacial score (nSPS) is 18.4. The standard InChI is InChI=1S/C24H29N3O3/c28-23(15-18-7-2-1-3-8-18)26-19-10-11-22(27-12-4-5-13-27)21(16-19)24(29)25-17-20-9-6-14-30-20/h1-3,7-8,10-11,16,20H,4-6,9,12-15,17H2,(H,25,29)(H,26,28)/t20-/m0/s1. The van der Waals surface area contributed by atoms with Gasteiger partial charge in [-0.05, 0) is 49.4 Å². The van der Waals surface area contributed by atoms with Crippen LogP contribution in [0.5, 0.6) is 0 Å². The van der Waals surface area contributed by atoms with Gasteiger partial charge in [0.25, 0.3) is 5.91 Å². The highest BCUT2D eigenvalue weighted by molar-refractivity contribution is 6.02. The Morgan fingerprint density at radius 1 is 1.03 bits per heavy atom. The highest BCUT2D eigenvalue weighted by Crippen LogP contribution is 2.28. The van der Waals surface area contributed by atoms with Gasteiger partial charge in [-0.1, -0.05) is 30.3 Å². The van der Waals surface area contributed by atoms with Crippen molar-refractivity contribution in [1.82, 2.24) is 5.32 Å². The minimum Gasteiger partial charge on any atom is -0.376 e. The molecule has 2 saturated heterocycles. The average molecular weight is 408 g/mol. The minimum absolute atomic E-state index is 0.0953. The van der Waals surface area contributed by atoms with Crippen LogP contribution in [0, 0.1) is 0 Å². The summed E-state index contributed by atoms with van der Waals surface area (Å²) in [5, 5.41) is 5.96. The lowest BCUT2D eigenvalue weighted by molar-refractivity contribution is -0.115. The van der Waals surface area contributed by atoms with Crippen LogP contribution in [0.1, 0.15) is 41.6 Å². The van der Waals surface area contributed by atoms with E-state index < -0.39 is 0 Å². The Kier molecular flexibility index (Phi) is 6.64. The van der Waals surface area contributed by atoms with E-state index >= 15 is 0 Å². The number of nitrogens with zero attached hydrogens (tertiary/aromatic N) is 1. The fourth-order valence-electron chi connectivity index (χ4n) is 4.12. The number of hydrogen-bond acceptors (Lipinski definition) is 4. The van der Waals surface area contributed by atoms with Crippen LogP contribution in [-0.2, 0) is 16.0 Å². The molecule has 0 aliphatic carbocycles. The number of anilines is 2. The lowest BCUT2D eigenvalue weighted by Gasteiger charge is -2.22. The van der Waals surface area contributed by atoms with Crippen LogP contribution in [0.2, 0.25) is 0 Å². The van der Waals surface area contributed by atoms with Crippen molar-refractivity contribution in [2.45, 2.75) is 38.2 Å². The van der Waals surface area contributed by atoms with E-state index in [1.807, 2.05) is 42.5 Å². The average Bonchev–Trinajstić information content (AvgIpc) is 3.47. The first-order chi connectivity index (χ1) is 14.7. The largest absolute Gasteiger partial charge is 0.376 e. The molecular formula is C24H29N3O3. The molecular weight excluding hydrogens is 378 g/mol. The van der Waals surface area contributed by atoms with Crippen LogP contribution < -0.4 is 15.5 Å². The number of benzene rings is 2. The van der Waals surface area contributed by atoms with E-state index in [-0.39, 0.29) is 17.9 Å². The fraction of sp³-hybridized carbons (Fsp3) is 0.417. The van der Waals surface area contributed by atoms with Gasteiger partial charge in [-0.2, -0.15) is 0 Å². The Balaban J connectivity index is 1.48. The van der Waals surface area contributed by atoms with Crippen molar-refractivity contribution in [3.05, 3.63) is 59.7 Å². The second-order valence-corrected chi connectivity index (χ2v) is 7.98. The number of amides is 2. The van der Waals surface area contributed by atoms with Crippen LogP contribution in [-0.4, -0.2) is 44.2 Å². The Labute approximate surface area is 177 Å². The van der Waals surface area contributed by atoms with E-state index in [4.69, 9.17) is 4.74 Å². The van der Waals surface area contributed by atoms with E-state index in [1.165, 1.54) is 0 Å². The summed E-state index contributed by atoms with van der Waals surface area (Å²) in [7, 11) is 0. The van der Waals surface area contributed by atoms with Crippen LogP contribution in [0.4, 0.5) is 11.4 Å². The molecule has 2 aromatic rings. The molecule has 2 aliphatic heterocycles. The zero-order valence-corrected chi connectivity index (χ0v) is 17.2. The van der Waals surface area contributed by atoms with Gasteiger partial charge in [0.1, 0.15) is 0 Å². The first-order valence-corrected chi connectivity index (χ1v) is 10.8. The van der Waals surface area contributed by atoms with Crippen molar-refractivity contribution in [2.75, 3.05) is 36.5 Å². The molecule has 2 fully saturated rings. The molecule has 30 heavy (non-hydrogen) atoms. The number of carbonyl (C=O) groups excluding carboxylic acids is 2. The molecule has 2 N–H and O–H groups in total. The fourth-order valence-corrected chi connectivity index (χ4v) is 4.12. The van der Waals surface area contributed by atoms with Crippen LogP contribution in [0.3, 0.4) is 0 Å². The smallest absolute Gasteiger partial charge is 0.253 e. The quantitative estimate of drug-likeness (QED) is 0.738. The van der Waals surface area contributed by atoms with Gasteiger partial charge in [0.15, 0.2) is 0 Å². The van der Waals surface area contributed by atoms with Crippen molar-refractivity contribution >= 4 is 23.2 Å². The van der Waals surface area contributed by atoms with Gasteiger partial charge in [-0.15, -0.1) is 0 Å². The van der Waals surface area contributed by atoms with E-state index in [9.17, 15) is 9.59 Å². The summed E-state index contributed by atoms with van der Waals surface area (Å²) in [6.45, 7) is 3.18. The monoisotopic (exact) mass is 407 g/mol. The van der Waals surface area contributed by atoms with E-state index in [1.54, 1.807) is 6.07 Å². The van der Waals surface area contributed by atoms with Crippen LogP contribution in [0.25, 0.3) is 0 Å². The Hall–Kier alpha value is -2.86. The van der Waals surface area contributed by atoms with Gasteiger partial charge >= 0.3 is 0 Å². The maximum absolute atomic E-state index is 13.0. The third kappa shape index (κ3) is 5.19. The summed E-state index contributed by atoms with van der Waals surface area (Å²) >= 11 is 0. The summed E-state index contributed by atoms with van der Waals surface area (Å²) in [4.78, 5) is 27.7. The number of ether oxygens (including phenoxy) is 1. The predicted molar refractivity (Wildman–Crippen MR) is 118 cm³/mol. The summed E-state index contributed by atoms with van der Waals surface area (Å²) in [5.41, 5.74) is 3.13. The molecule has 0 saturated carbocycles. The van der Waals surface area contributed by atoms with Crippen LogP contribution in [0.15, 0.2) is 48.5 Å². The minimum atomic E-state index is -0.119. The van der Waals surface area contributed by atoms with Gasteiger partial charge in [-0.3, -0.25) is 9.59 Å². The molecule has 0 radical (unpaired) electrons. The van der Waals surface area contributed by atoms with Gasteiger partial charge in [-0.25, -0.2) is 0 Å². The molecule has 2 aromatic carbocycles. The second-order valence-electron chi connectivity index (χ2n) is 7.98. The molecule has 0 unspecified atom stereocenters. The zero-order chi connectivity index (χ0) is 20.8. The molecule has 6 heteroatoms. The lowest BCUT2D eigenvalue weighted by atomic mass is 10.1. The van der Waals surface area contributed by atoms with Crippen molar-refractivity contribution in [3.8, 4) is 0 Å². The van der Waals surface area contributed by atoms with Crippen molar-refractivity contribution in [3.63, 3.8) is 0 Å². The molecule has 1 atom stereocenters. The Morgan fingerprint density at radius 3 is 2.57 bits per heavy atom. The lowest BCUT2D eigenvalue weighted by Crippen LogP contribution is -2.33. The molecule has 4 rings (SSSR count). The zero-order valence-electron chi connectivity index (χ0n) is 17.2. The molecule has 0 aromatic heterocycles. The Morgan fingerprint density at radius 2 is 1.83 bits per heavy atom. The molecule has 2 aliphatic rings. The molecule has 2 amide bonds. The SMILES string of the molecule is O=C(Cc1ccccc1)Nc1ccc(N2CCCC2)c(C(=O)NC[C@@H]2CCCO2)c1. The summed E-state index contributed by atoms with van der Waals surface area (Å²) < 4.78 is 5.62. The van der Waals surface area contributed by atoms with E-state index in [2.05, 4.69) is 15.5 Å². The van der Waals surface area contributed by atoms with Crippen LogP contribution >= 0.6 is 0 Å². The second kappa shape index (κ2) is 9.76. The molecule has 0 spiro atoms. The first kappa shape index (κ1) is 20.4. The molecule has 2 heterocycles. The molecule has 0 bridgehead atoms. The third-order valence-electron chi connectivity index (χ3n) is 5.69. The predicted octanol–water partition coefficient (Wildman–Crippen LogP) is 3.38. The van der Waals surface area contributed by atoms with E-state index in [0.717, 1.165) is 56.6 Å². The third-order valence-corrected chi connectivity index (χ3v) is 5.69. The van der Waals surface area contributed by atoms with Gasteiger partial charge < -0.3 is 20.3 Å². The van der Waals surface area contributed by atoms with Crippen molar-refractivity contribution in [2.24, 2.45) is 0 Å². The highest BCUT2D eigenvalue weighted by Gasteiger charge is 2.22. The molecule has 158 valence electrons. The van der Waals surface area contributed by atoms with Gasteiger partial charge in [0, 0.05) is 37.6 Å². The topological polar surface area (TPSA) is 70.7 Å². The summed E-state index contributed by atoms with van der Waals surface area (Å²) in [5.74, 6) is -0.215. The maximum Gasteiger partial charge on any atom is 0.253 e. The Bertz CT molecular complexity index is 873. The number of hydrogen-bond donors (Lipinski definition) is 2. The van der Waals surface area contributed by atoms with E-state index in [0.29, 0.717) is 24.2 Å². The maximum atomic E-state index is 13.0. The van der Waals surface area contributed by atoms with Crippen molar-refractivity contribution in [1.29, 1.82) is 0 Å².